The van der Waals surface area contributed by atoms with Gasteiger partial charge in [0.05, 0.1) is 18.8 Å². The normalized spacial score (nSPS) is 9.57. The van der Waals surface area contributed by atoms with Crippen molar-refractivity contribution < 1.29 is 5.11 Å². The van der Waals surface area contributed by atoms with Crippen molar-refractivity contribution in [1.82, 2.24) is 9.97 Å². The van der Waals surface area contributed by atoms with E-state index in [0.717, 1.165) is 5.69 Å². The summed E-state index contributed by atoms with van der Waals surface area (Å²) >= 11 is 0. The van der Waals surface area contributed by atoms with E-state index in [9.17, 15) is 0 Å². The number of anilines is 1. The minimum Gasteiger partial charge on any atom is -0.390 e. The van der Waals surface area contributed by atoms with Gasteiger partial charge in [-0.2, -0.15) is 0 Å². The molecule has 0 aliphatic rings. The van der Waals surface area contributed by atoms with Gasteiger partial charge in [-0.25, -0.2) is 9.97 Å². The number of hydrogen-bond donors (Lipinski definition) is 1. The fraction of sp³-hybridized carbons (Fsp3) is 0.400. The second kappa shape index (κ2) is 4.58. The maximum absolute atomic E-state index is 8.95. The molecule has 0 aliphatic carbocycles. The van der Waals surface area contributed by atoms with Gasteiger partial charge >= 0.3 is 0 Å². The lowest BCUT2D eigenvalue weighted by atomic mass is 10.3. The molecule has 1 heterocycles. The van der Waals surface area contributed by atoms with Crippen LogP contribution in [0.15, 0.2) is 6.07 Å². The Balaban J connectivity index is 2.97. The molecule has 0 bridgehead atoms. The number of aryl methyl sites for hydroxylation is 1. The molecule has 0 atom stereocenters. The largest absolute Gasteiger partial charge is 0.390 e. The summed E-state index contributed by atoms with van der Waals surface area (Å²) in [5.74, 6) is 3.05. The van der Waals surface area contributed by atoms with Gasteiger partial charge in [-0.1, -0.05) is 5.92 Å². The molecule has 0 amide bonds. The summed E-state index contributed by atoms with van der Waals surface area (Å²) < 4.78 is 0. The fourth-order valence-electron chi connectivity index (χ4n) is 1.08. The molecule has 0 unspecified atom stereocenters. The van der Waals surface area contributed by atoms with E-state index in [2.05, 4.69) is 15.9 Å². The van der Waals surface area contributed by atoms with Crippen molar-refractivity contribution in [3.63, 3.8) is 0 Å². The molecule has 1 aromatic heterocycles. The van der Waals surface area contributed by atoms with Crippen LogP contribution < -0.4 is 4.90 Å². The smallest absolute Gasteiger partial charge is 0.226 e. The summed E-state index contributed by atoms with van der Waals surface area (Å²) in [4.78, 5) is 10.1. The van der Waals surface area contributed by atoms with Gasteiger partial charge < -0.3 is 10.0 Å². The molecule has 0 saturated carbocycles. The highest BCUT2D eigenvalue weighted by atomic mass is 16.3. The SMILES string of the molecule is C#CCN(C)c1nc(C)cc(CO)n1. The number of terminal acetylenes is 1. The molecule has 0 saturated heterocycles. The first-order valence-corrected chi connectivity index (χ1v) is 4.27. The minimum absolute atomic E-state index is 0.0831. The van der Waals surface area contributed by atoms with Crippen molar-refractivity contribution in [3.8, 4) is 12.3 Å². The summed E-state index contributed by atoms with van der Waals surface area (Å²) in [6, 6.07) is 1.74. The highest BCUT2D eigenvalue weighted by Crippen LogP contribution is 2.08. The molecule has 74 valence electrons. The Morgan fingerprint density at radius 1 is 1.57 bits per heavy atom. The van der Waals surface area contributed by atoms with Gasteiger partial charge in [-0.3, -0.25) is 0 Å². The van der Waals surface area contributed by atoms with Crippen molar-refractivity contribution in [2.24, 2.45) is 0 Å². The van der Waals surface area contributed by atoms with E-state index >= 15 is 0 Å². The van der Waals surface area contributed by atoms with E-state index in [0.29, 0.717) is 18.2 Å². The molecule has 4 nitrogen and oxygen atoms in total. The summed E-state index contributed by atoms with van der Waals surface area (Å²) in [6.07, 6.45) is 5.18. The maximum Gasteiger partial charge on any atom is 0.226 e. The second-order valence-corrected chi connectivity index (χ2v) is 3.02. The molecule has 0 spiro atoms. The molecule has 1 aromatic rings. The third kappa shape index (κ3) is 2.44. The monoisotopic (exact) mass is 191 g/mol. The average Bonchev–Trinajstić information content (AvgIpc) is 2.17. The van der Waals surface area contributed by atoms with Crippen molar-refractivity contribution in [3.05, 3.63) is 17.5 Å². The van der Waals surface area contributed by atoms with Crippen LogP contribution in [0.4, 0.5) is 5.95 Å². The van der Waals surface area contributed by atoms with Crippen LogP contribution >= 0.6 is 0 Å². The number of hydrogen-bond acceptors (Lipinski definition) is 4. The molecule has 1 rings (SSSR count). The number of rotatable bonds is 3. The zero-order valence-corrected chi connectivity index (χ0v) is 8.36. The predicted molar refractivity (Wildman–Crippen MR) is 54.8 cm³/mol. The summed E-state index contributed by atoms with van der Waals surface area (Å²) in [5.41, 5.74) is 1.43. The molecule has 14 heavy (non-hydrogen) atoms. The molecule has 4 heteroatoms. The first-order chi connectivity index (χ1) is 6.67. The van der Waals surface area contributed by atoms with Crippen LogP contribution in [0.25, 0.3) is 0 Å². The third-order valence-electron chi connectivity index (χ3n) is 1.73. The molecule has 1 N–H and O–H groups in total. The molecule has 0 aromatic carbocycles. The van der Waals surface area contributed by atoms with E-state index in [4.69, 9.17) is 11.5 Å². The van der Waals surface area contributed by atoms with Gasteiger partial charge in [0.25, 0.3) is 0 Å². The van der Waals surface area contributed by atoms with Gasteiger partial charge in [-0.15, -0.1) is 6.42 Å². The standard InChI is InChI=1S/C10H13N3O/c1-4-5-13(3)10-11-8(2)6-9(7-14)12-10/h1,6,14H,5,7H2,2-3H3. The van der Waals surface area contributed by atoms with Crippen molar-refractivity contribution in [2.45, 2.75) is 13.5 Å². The predicted octanol–water partition coefficient (Wildman–Crippen LogP) is 0.347. The van der Waals surface area contributed by atoms with Crippen LogP contribution in [-0.4, -0.2) is 28.7 Å². The Kier molecular flexibility index (Phi) is 3.43. The number of aliphatic hydroxyl groups is 1. The van der Waals surface area contributed by atoms with Crippen molar-refractivity contribution >= 4 is 5.95 Å². The lowest BCUT2D eigenvalue weighted by Crippen LogP contribution is -2.20. The van der Waals surface area contributed by atoms with Crippen LogP contribution in [-0.2, 0) is 6.61 Å². The summed E-state index contributed by atoms with van der Waals surface area (Å²) in [5, 5.41) is 8.95. The van der Waals surface area contributed by atoms with E-state index in [1.54, 1.807) is 11.0 Å². The maximum atomic E-state index is 8.95. The molecular weight excluding hydrogens is 178 g/mol. The van der Waals surface area contributed by atoms with Crippen LogP contribution in [0, 0.1) is 19.3 Å². The van der Waals surface area contributed by atoms with E-state index in [1.807, 2.05) is 14.0 Å². The second-order valence-electron chi connectivity index (χ2n) is 3.02. The first kappa shape index (κ1) is 10.5. The van der Waals surface area contributed by atoms with Crippen LogP contribution in [0.5, 0.6) is 0 Å². The molecule has 0 aliphatic heterocycles. The average molecular weight is 191 g/mol. The first-order valence-electron chi connectivity index (χ1n) is 4.27. The van der Waals surface area contributed by atoms with Crippen molar-refractivity contribution in [1.29, 1.82) is 0 Å². The molecule has 0 radical (unpaired) electrons. The summed E-state index contributed by atoms with van der Waals surface area (Å²) in [7, 11) is 1.82. The Labute approximate surface area is 83.6 Å². The van der Waals surface area contributed by atoms with Gasteiger partial charge in [0.2, 0.25) is 5.95 Å². The van der Waals surface area contributed by atoms with Crippen molar-refractivity contribution in [2.75, 3.05) is 18.5 Å². The Morgan fingerprint density at radius 3 is 2.86 bits per heavy atom. The highest BCUT2D eigenvalue weighted by Gasteiger charge is 2.05. The molecule has 0 fully saturated rings. The van der Waals surface area contributed by atoms with Crippen LogP contribution in [0.3, 0.4) is 0 Å². The van der Waals surface area contributed by atoms with Gasteiger partial charge in [0, 0.05) is 12.7 Å². The van der Waals surface area contributed by atoms with E-state index < -0.39 is 0 Å². The third-order valence-corrected chi connectivity index (χ3v) is 1.73. The molecular formula is C10H13N3O. The Bertz CT molecular complexity index is 357. The van der Waals surface area contributed by atoms with Crippen LogP contribution in [0.2, 0.25) is 0 Å². The summed E-state index contributed by atoms with van der Waals surface area (Å²) in [6.45, 7) is 2.22. The number of aliphatic hydroxyl groups excluding tert-OH is 1. The van der Waals surface area contributed by atoms with Gasteiger partial charge in [-0.05, 0) is 13.0 Å². The minimum atomic E-state index is -0.0831. The topological polar surface area (TPSA) is 49.2 Å². The Hall–Kier alpha value is -1.60. The lowest BCUT2D eigenvalue weighted by molar-refractivity contribution is 0.276. The fourth-order valence-corrected chi connectivity index (χ4v) is 1.08. The number of aromatic nitrogens is 2. The zero-order chi connectivity index (χ0) is 10.6. The zero-order valence-electron chi connectivity index (χ0n) is 8.36. The van der Waals surface area contributed by atoms with Gasteiger partial charge in [0.1, 0.15) is 0 Å². The van der Waals surface area contributed by atoms with Crippen LogP contribution in [0.1, 0.15) is 11.4 Å². The van der Waals surface area contributed by atoms with Gasteiger partial charge in [0.15, 0.2) is 0 Å². The highest BCUT2D eigenvalue weighted by molar-refractivity contribution is 5.32. The quantitative estimate of drug-likeness (QED) is 0.700. The Morgan fingerprint density at radius 2 is 2.29 bits per heavy atom. The lowest BCUT2D eigenvalue weighted by Gasteiger charge is -2.14. The van der Waals surface area contributed by atoms with E-state index in [-0.39, 0.29) is 6.61 Å². The number of nitrogens with zero attached hydrogens (tertiary/aromatic N) is 3. The van der Waals surface area contributed by atoms with E-state index in [1.165, 1.54) is 0 Å².